The number of carboxylic acid groups (broad SMARTS) is 1. The van der Waals surface area contributed by atoms with E-state index in [1.807, 2.05) is 31.2 Å². The van der Waals surface area contributed by atoms with Crippen LogP contribution in [0.2, 0.25) is 5.02 Å². The van der Waals surface area contributed by atoms with Crippen LogP contribution in [0.4, 0.5) is 0 Å². The van der Waals surface area contributed by atoms with Crippen LogP contribution in [0.3, 0.4) is 0 Å². The predicted molar refractivity (Wildman–Crippen MR) is 174 cm³/mol. The first-order valence-corrected chi connectivity index (χ1v) is 15.6. The number of nitrogens with one attached hydrogen (secondary N) is 1. The van der Waals surface area contributed by atoms with Crippen molar-refractivity contribution in [1.29, 1.82) is 5.26 Å². The number of aliphatic hydroxyl groups excluding tert-OH is 1. The zero-order chi connectivity index (χ0) is 33.1. The molecule has 0 bridgehead atoms. The van der Waals surface area contributed by atoms with Crippen molar-refractivity contribution in [3.8, 4) is 40.2 Å². The Kier molecular flexibility index (Phi) is 9.23. The lowest BCUT2D eigenvalue weighted by Crippen LogP contribution is -2.30. The van der Waals surface area contributed by atoms with E-state index in [0.717, 1.165) is 39.3 Å². The topological polar surface area (TPSA) is 143 Å². The van der Waals surface area contributed by atoms with Gasteiger partial charge in [0.1, 0.15) is 49.4 Å². The van der Waals surface area contributed by atoms with Crippen molar-refractivity contribution < 1.29 is 34.0 Å². The van der Waals surface area contributed by atoms with Crippen LogP contribution in [0.25, 0.3) is 11.1 Å². The fourth-order valence-electron chi connectivity index (χ4n) is 5.87. The maximum absolute atomic E-state index is 11.7. The van der Waals surface area contributed by atoms with Gasteiger partial charge in [0.05, 0.1) is 17.2 Å². The van der Waals surface area contributed by atoms with E-state index in [1.54, 1.807) is 24.4 Å². The fourth-order valence-corrected chi connectivity index (χ4v) is 6.11. The number of halogens is 1. The second-order valence-corrected chi connectivity index (χ2v) is 12.2. The first kappa shape index (κ1) is 32.1. The third-order valence-electron chi connectivity index (χ3n) is 8.83. The summed E-state index contributed by atoms with van der Waals surface area (Å²) in [6, 6.07) is 16.9. The molecule has 1 aliphatic heterocycles. The Morgan fingerprint density at radius 3 is 2.60 bits per heavy atom. The number of aliphatic carboxylic acids is 1. The predicted octanol–water partition coefficient (Wildman–Crippen LogP) is 5.74. The second-order valence-electron chi connectivity index (χ2n) is 11.8. The summed E-state index contributed by atoms with van der Waals surface area (Å²) in [6.45, 7) is 5.31. The average molecular weight is 656 g/mol. The van der Waals surface area contributed by atoms with Gasteiger partial charge in [-0.25, -0.2) is 0 Å². The van der Waals surface area contributed by atoms with E-state index in [0.29, 0.717) is 52.8 Å². The number of rotatable bonds is 12. The quantitative estimate of drug-likeness (QED) is 0.173. The molecule has 0 spiro atoms. The number of aromatic nitrogens is 1. The fraction of sp³-hybridized carbons (Fsp3) is 0.306. The van der Waals surface area contributed by atoms with Crippen molar-refractivity contribution in [2.24, 2.45) is 5.41 Å². The van der Waals surface area contributed by atoms with E-state index in [9.17, 15) is 20.3 Å². The molecule has 2 atom stereocenters. The van der Waals surface area contributed by atoms with Crippen LogP contribution < -0.4 is 24.3 Å². The highest BCUT2D eigenvalue weighted by atomic mass is 35.5. The number of nitriles is 1. The SMILES string of the molecule is Cc1c(COc2cc(OCc3cncc(C#N)c3)c(CN[C@@H]3CC3(CO)C(=O)O)cc2Cl)cccc1-c1ccc2c(c1C)OCCO2. The van der Waals surface area contributed by atoms with Crippen molar-refractivity contribution in [3.05, 3.63) is 99.3 Å². The number of pyridine rings is 1. The highest BCUT2D eigenvalue weighted by molar-refractivity contribution is 6.32. The molecule has 3 N–H and O–H groups in total. The molecule has 1 aromatic heterocycles. The first-order chi connectivity index (χ1) is 22.7. The molecule has 47 heavy (non-hydrogen) atoms. The van der Waals surface area contributed by atoms with Crippen LogP contribution in [-0.2, 0) is 24.6 Å². The number of aliphatic hydroxyl groups is 1. The Bertz CT molecular complexity index is 1870. The second kappa shape index (κ2) is 13.5. The third-order valence-corrected chi connectivity index (χ3v) is 9.13. The van der Waals surface area contributed by atoms with Crippen molar-refractivity contribution >= 4 is 17.6 Å². The van der Waals surface area contributed by atoms with Crippen molar-refractivity contribution in [3.63, 3.8) is 0 Å². The first-order valence-electron chi connectivity index (χ1n) is 15.2. The number of hydrogen-bond acceptors (Lipinski definition) is 9. The van der Waals surface area contributed by atoms with E-state index in [1.165, 1.54) is 6.20 Å². The molecule has 10 nitrogen and oxygen atoms in total. The Morgan fingerprint density at radius 2 is 1.83 bits per heavy atom. The van der Waals surface area contributed by atoms with Crippen molar-refractivity contribution in [1.82, 2.24) is 10.3 Å². The highest BCUT2D eigenvalue weighted by Gasteiger charge is 2.60. The molecular weight excluding hydrogens is 622 g/mol. The maximum Gasteiger partial charge on any atom is 0.313 e. The monoisotopic (exact) mass is 655 g/mol. The maximum atomic E-state index is 11.7. The molecule has 1 aliphatic carbocycles. The van der Waals surface area contributed by atoms with Gasteiger partial charge in [-0.3, -0.25) is 9.78 Å². The Balaban J connectivity index is 1.23. The van der Waals surface area contributed by atoms with Crippen molar-refractivity contribution in [2.45, 2.75) is 46.1 Å². The van der Waals surface area contributed by atoms with Gasteiger partial charge in [-0.1, -0.05) is 35.9 Å². The molecule has 2 aliphatic rings. The lowest BCUT2D eigenvalue weighted by Gasteiger charge is -2.22. The number of ether oxygens (including phenoxy) is 4. The van der Waals surface area contributed by atoms with E-state index < -0.39 is 24.0 Å². The smallest absolute Gasteiger partial charge is 0.313 e. The molecule has 0 radical (unpaired) electrons. The van der Waals surface area contributed by atoms with Crippen LogP contribution in [0.1, 0.15) is 39.8 Å². The Labute approximate surface area is 277 Å². The number of carboxylic acids is 1. The molecule has 3 aromatic carbocycles. The number of fused-ring (bicyclic) bond motifs is 1. The van der Waals surface area contributed by atoms with Crippen LogP contribution in [0.15, 0.2) is 60.9 Å². The van der Waals surface area contributed by atoms with Crippen molar-refractivity contribution in [2.75, 3.05) is 19.8 Å². The molecule has 2 heterocycles. The minimum absolute atomic E-state index is 0.131. The third kappa shape index (κ3) is 6.56. The molecule has 0 saturated heterocycles. The van der Waals surface area contributed by atoms with Crippen LogP contribution in [-0.4, -0.2) is 47.0 Å². The summed E-state index contributed by atoms with van der Waals surface area (Å²) in [6.07, 6.45) is 3.42. The van der Waals surface area contributed by atoms with E-state index in [-0.39, 0.29) is 19.8 Å². The summed E-state index contributed by atoms with van der Waals surface area (Å²) in [5.74, 6) is 1.37. The molecule has 1 fully saturated rings. The Morgan fingerprint density at radius 1 is 1.04 bits per heavy atom. The largest absolute Gasteiger partial charge is 0.488 e. The van der Waals surface area contributed by atoms with Gasteiger partial charge < -0.3 is 34.5 Å². The summed E-state index contributed by atoms with van der Waals surface area (Å²) >= 11 is 6.73. The van der Waals surface area contributed by atoms with Gasteiger partial charge >= 0.3 is 5.97 Å². The van der Waals surface area contributed by atoms with Crippen LogP contribution in [0.5, 0.6) is 23.0 Å². The van der Waals surface area contributed by atoms with Gasteiger partial charge in [-0.2, -0.15) is 5.26 Å². The standard InChI is InChI=1S/C36H34ClN3O7/c1-21-25(4-3-5-27(21)28-6-7-30-34(22(28)2)45-9-8-44-30)19-47-32-12-31(46-18-24-10-23(14-38)15-39-16-24)26(11-29(32)37)17-40-33-13-36(33,20-41)35(42)43/h3-7,10-12,15-16,33,40-41H,8-9,13,17-20H2,1-2H3,(H,42,43)/t33-,36?/m1/s1. The molecule has 1 saturated carbocycles. The van der Waals surface area contributed by atoms with Gasteiger partial charge in [-0.15, -0.1) is 0 Å². The number of benzene rings is 3. The van der Waals surface area contributed by atoms with Crippen LogP contribution >= 0.6 is 11.6 Å². The van der Waals surface area contributed by atoms with E-state index >= 15 is 0 Å². The summed E-state index contributed by atoms with van der Waals surface area (Å²) < 4.78 is 24.1. The van der Waals surface area contributed by atoms with Gasteiger partial charge in [0.2, 0.25) is 0 Å². The normalized spacial score (nSPS) is 17.9. The van der Waals surface area contributed by atoms with E-state index in [2.05, 4.69) is 29.4 Å². The summed E-state index contributed by atoms with van der Waals surface area (Å²) in [5.41, 5.74) is 5.77. The number of hydrogen-bond donors (Lipinski definition) is 3. The molecule has 0 amide bonds. The minimum atomic E-state index is -1.19. The molecule has 4 aromatic rings. The molecular formula is C36H34ClN3O7. The number of carbonyl (C=O) groups is 1. The lowest BCUT2D eigenvalue weighted by molar-refractivity contribution is -0.145. The minimum Gasteiger partial charge on any atom is -0.488 e. The molecule has 242 valence electrons. The zero-order valence-electron chi connectivity index (χ0n) is 26.0. The summed E-state index contributed by atoms with van der Waals surface area (Å²) in [7, 11) is 0. The van der Waals surface area contributed by atoms with Gasteiger partial charge in [-0.05, 0) is 60.7 Å². The number of nitrogens with zero attached hydrogens (tertiary/aromatic N) is 2. The molecule has 11 heteroatoms. The lowest BCUT2D eigenvalue weighted by atomic mass is 9.93. The molecule has 6 rings (SSSR count). The zero-order valence-corrected chi connectivity index (χ0v) is 26.8. The summed E-state index contributed by atoms with van der Waals surface area (Å²) in [5, 5.41) is 32.1. The summed E-state index contributed by atoms with van der Waals surface area (Å²) in [4.78, 5) is 15.8. The average Bonchev–Trinajstić information content (AvgIpc) is 3.82. The van der Waals surface area contributed by atoms with Gasteiger partial charge in [0.25, 0.3) is 0 Å². The highest BCUT2D eigenvalue weighted by Crippen LogP contribution is 2.46. The van der Waals surface area contributed by atoms with Crippen LogP contribution in [0, 0.1) is 30.6 Å². The Hall–Kier alpha value is -4.82. The van der Waals surface area contributed by atoms with Gasteiger partial charge in [0, 0.05) is 47.7 Å². The van der Waals surface area contributed by atoms with Gasteiger partial charge in [0.15, 0.2) is 11.5 Å². The van der Waals surface area contributed by atoms with E-state index in [4.69, 9.17) is 30.5 Å². The molecule has 1 unspecified atom stereocenters.